The number of pyridine rings is 1. The molecule has 0 saturated heterocycles. The molecule has 3 aromatic rings. The number of carbonyl (C=O) groups is 1. The molecule has 0 atom stereocenters. The molecular formula is C18H15BrN2O. The second-order valence-corrected chi connectivity index (χ2v) is 5.64. The summed E-state index contributed by atoms with van der Waals surface area (Å²) in [6, 6.07) is 17.6. The summed E-state index contributed by atoms with van der Waals surface area (Å²) < 4.78 is 0. The number of aromatic nitrogens is 1. The van der Waals surface area contributed by atoms with Gasteiger partial charge in [0.1, 0.15) is 5.82 Å². The fourth-order valence-electron chi connectivity index (χ4n) is 2.39. The number of hydrogen-bond donors (Lipinski definition) is 1. The standard InChI is InChI=1S/C18H15BrN2O/c1-12-10-13-6-5-9-15(16(22)11-19)17(13)21-18(12)20-14-7-3-2-4-8-14/h2-10H,11H2,1H3,(H,20,21). The normalized spacial score (nSPS) is 10.6. The monoisotopic (exact) mass is 354 g/mol. The van der Waals surface area contributed by atoms with Crippen LogP contribution in [0, 0.1) is 6.92 Å². The highest BCUT2D eigenvalue weighted by atomic mass is 79.9. The molecule has 0 fully saturated rings. The second-order valence-electron chi connectivity index (χ2n) is 5.08. The molecule has 2 aromatic carbocycles. The average Bonchev–Trinajstić information content (AvgIpc) is 2.55. The predicted molar refractivity (Wildman–Crippen MR) is 94.3 cm³/mol. The summed E-state index contributed by atoms with van der Waals surface area (Å²) in [7, 11) is 0. The highest BCUT2D eigenvalue weighted by Gasteiger charge is 2.12. The molecule has 0 aliphatic carbocycles. The number of nitrogens with zero attached hydrogens (tertiary/aromatic N) is 1. The van der Waals surface area contributed by atoms with E-state index >= 15 is 0 Å². The molecule has 110 valence electrons. The quantitative estimate of drug-likeness (QED) is 0.537. The zero-order valence-electron chi connectivity index (χ0n) is 12.1. The maximum absolute atomic E-state index is 12.1. The molecular weight excluding hydrogens is 340 g/mol. The van der Waals surface area contributed by atoms with Crippen LogP contribution in [-0.2, 0) is 0 Å². The maximum atomic E-state index is 12.1. The van der Waals surface area contributed by atoms with Crippen LogP contribution in [0.1, 0.15) is 15.9 Å². The van der Waals surface area contributed by atoms with E-state index in [9.17, 15) is 4.79 Å². The van der Waals surface area contributed by atoms with Gasteiger partial charge >= 0.3 is 0 Å². The Morgan fingerprint density at radius 3 is 2.64 bits per heavy atom. The number of carbonyl (C=O) groups excluding carboxylic acids is 1. The summed E-state index contributed by atoms with van der Waals surface area (Å²) in [4.78, 5) is 16.8. The fraction of sp³-hybridized carbons (Fsp3) is 0.111. The third-order valence-electron chi connectivity index (χ3n) is 3.49. The van der Waals surface area contributed by atoms with Gasteiger partial charge in [0.05, 0.1) is 10.8 Å². The Morgan fingerprint density at radius 2 is 1.91 bits per heavy atom. The van der Waals surface area contributed by atoms with E-state index in [1.807, 2.05) is 55.5 Å². The van der Waals surface area contributed by atoms with Gasteiger partial charge < -0.3 is 5.32 Å². The van der Waals surface area contributed by atoms with Crippen molar-refractivity contribution < 1.29 is 4.79 Å². The zero-order chi connectivity index (χ0) is 15.5. The smallest absolute Gasteiger partial charge is 0.175 e. The van der Waals surface area contributed by atoms with Crippen molar-refractivity contribution in [2.24, 2.45) is 0 Å². The second kappa shape index (κ2) is 6.28. The first kappa shape index (κ1) is 14.7. The Kier molecular flexibility index (Phi) is 4.20. The Balaban J connectivity index is 2.11. The molecule has 0 aliphatic heterocycles. The van der Waals surface area contributed by atoms with Crippen molar-refractivity contribution >= 4 is 44.1 Å². The predicted octanol–water partition coefficient (Wildman–Crippen LogP) is 4.86. The van der Waals surface area contributed by atoms with E-state index < -0.39 is 0 Å². The number of anilines is 2. The number of Topliss-reactive ketones (excluding diaryl/α,β-unsaturated/α-hetero) is 1. The van der Waals surface area contributed by atoms with Gasteiger partial charge in [0.15, 0.2) is 5.78 Å². The molecule has 1 aromatic heterocycles. The van der Waals surface area contributed by atoms with Crippen molar-refractivity contribution in [1.29, 1.82) is 0 Å². The third-order valence-corrected chi connectivity index (χ3v) is 4.00. The van der Waals surface area contributed by atoms with E-state index in [0.29, 0.717) is 10.9 Å². The van der Waals surface area contributed by atoms with Gasteiger partial charge in [0.2, 0.25) is 0 Å². The minimum absolute atomic E-state index is 0.0348. The molecule has 0 saturated carbocycles. The number of hydrogen-bond acceptors (Lipinski definition) is 3. The molecule has 3 nitrogen and oxygen atoms in total. The average molecular weight is 355 g/mol. The molecule has 1 N–H and O–H groups in total. The van der Waals surface area contributed by atoms with Crippen molar-refractivity contribution in [3.63, 3.8) is 0 Å². The Bertz CT molecular complexity index is 831. The molecule has 4 heteroatoms. The van der Waals surface area contributed by atoms with Crippen LogP contribution in [0.25, 0.3) is 10.9 Å². The minimum atomic E-state index is 0.0348. The van der Waals surface area contributed by atoms with Crippen LogP contribution in [-0.4, -0.2) is 16.1 Å². The highest BCUT2D eigenvalue weighted by Crippen LogP contribution is 2.25. The number of para-hydroxylation sites is 2. The molecule has 0 unspecified atom stereocenters. The van der Waals surface area contributed by atoms with E-state index in [1.165, 1.54) is 0 Å². The molecule has 0 spiro atoms. The molecule has 22 heavy (non-hydrogen) atoms. The van der Waals surface area contributed by atoms with Crippen LogP contribution in [0.3, 0.4) is 0 Å². The van der Waals surface area contributed by atoms with Gasteiger partial charge in [0, 0.05) is 16.6 Å². The van der Waals surface area contributed by atoms with Crippen molar-refractivity contribution in [2.45, 2.75) is 6.92 Å². The van der Waals surface area contributed by atoms with Crippen molar-refractivity contribution in [2.75, 3.05) is 10.6 Å². The zero-order valence-corrected chi connectivity index (χ0v) is 13.7. The first-order valence-corrected chi connectivity index (χ1v) is 8.13. The lowest BCUT2D eigenvalue weighted by Crippen LogP contribution is -2.04. The molecule has 0 amide bonds. The number of alkyl halides is 1. The van der Waals surface area contributed by atoms with Gasteiger partial charge in [-0.15, -0.1) is 0 Å². The van der Waals surface area contributed by atoms with Crippen LogP contribution in [0.4, 0.5) is 11.5 Å². The summed E-state index contributed by atoms with van der Waals surface area (Å²) in [5.74, 6) is 0.807. The van der Waals surface area contributed by atoms with Crippen LogP contribution in [0.5, 0.6) is 0 Å². The first-order chi connectivity index (χ1) is 10.7. The van der Waals surface area contributed by atoms with Gasteiger partial charge in [-0.3, -0.25) is 4.79 Å². The fourth-order valence-corrected chi connectivity index (χ4v) is 2.69. The number of ketones is 1. The number of halogens is 1. The van der Waals surface area contributed by atoms with E-state index in [4.69, 9.17) is 0 Å². The lowest BCUT2D eigenvalue weighted by Gasteiger charge is -2.11. The van der Waals surface area contributed by atoms with Gasteiger partial charge in [-0.2, -0.15) is 0 Å². The third kappa shape index (κ3) is 2.88. The van der Waals surface area contributed by atoms with E-state index in [-0.39, 0.29) is 5.78 Å². The maximum Gasteiger partial charge on any atom is 0.175 e. The van der Waals surface area contributed by atoms with Crippen LogP contribution in [0.2, 0.25) is 0 Å². The van der Waals surface area contributed by atoms with E-state index in [1.54, 1.807) is 0 Å². The number of nitrogens with one attached hydrogen (secondary N) is 1. The number of benzene rings is 2. The molecule has 1 heterocycles. The van der Waals surface area contributed by atoms with Gasteiger partial charge in [-0.05, 0) is 36.8 Å². The highest BCUT2D eigenvalue weighted by molar-refractivity contribution is 9.09. The number of fused-ring (bicyclic) bond motifs is 1. The molecule has 0 radical (unpaired) electrons. The van der Waals surface area contributed by atoms with Gasteiger partial charge in [-0.1, -0.05) is 46.3 Å². The largest absolute Gasteiger partial charge is 0.340 e. The topological polar surface area (TPSA) is 42.0 Å². The van der Waals surface area contributed by atoms with Crippen molar-refractivity contribution in [3.05, 3.63) is 65.7 Å². The van der Waals surface area contributed by atoms with E-state index in [2.05, 4.69) is 32.3 Å². The summed E-state index contributed by atoms with van der Waals surface area (Å²) in [6.45, 7) is 2.01. The number of aryl methyl sites for hydroxylation is 1. The molecule has 3 rings (SSSR count). The minimum Gasteiger partial charge on any atom is -0.340 e. The molecule has 0 bridgehead atoms. The van der Waals surface area contributed by atoms with Crippen molar-refractivity contribution in [3.8, 4) is 0 Å². The SMILES string of the molecule is Cc1cc2cccc(C(=O)CBr)c2nc1Nc1ccccc1. The van der Waals surface area contributed by atoms with Crippen LogP contribution in [0.15, 0.2) is 54.6 Å². The van der Waals surface area contributed by atoms with Gasteiger partial charge in [-0.25, -0.2) is 4.98 Å². The van der Waals surface area contributed by atoms with Gasteiger partial charge in [0.25, 0.3) is 0 Å². The summed E-state index contributed by atoms with van der Waals surface area (Å²) >= 11 is 3.23. The Labute approximate surface area is 137 Å². The lowest BCUT2D eigenvalue weighted by molar-refractivity contribution is 0.102. The van der Waals surface area contributed by atoms with Crippen molar-refractivity contribution in [1.82, 2.24) is 4.98 Å². The Morgan fingerprint density at radius 1 is 1.14 bits per heavy atom. The summed E-state index contributed by atoms with van der Waals surface area (Å²) in [6.07, 6.45) is 0. The number of rotatable bonds is 4. The van der Waals surface area contributed by atoms with Crippen LogP contribution >= 0.6 is 15.9 Å². The summed E-state index contributed by atoms with van der Waals surface area (Å²) in [5, 5.41) is 4.58. The van der Waals surface area contributed by atoms with E-state index in [0.717, 1.165) is 28.0 Å². The molecule has 0 aliphatic rings. The van der Waals surface area contributed by atoms with Crippen LogP contribution < -0.4 is 5.32 Å². The Hall–Kier alpha value is -2.20. The summed E-state index contributed by atoms with van der Waals surface area (Å²) in [5.41, 5.74) is 3.39. The lowest BCUT2D eigenvalue weighted by atomic mass is 10.1. The first-order valence-electron chi connectivity index (χ1n) is 7.00.